The number of aryl methyl sites for hydroxylation is 1. The van der Waals surface area contributed by atoms with Gasteiger partial charge in [0.2, 0.25) is 0 Å². The van der Waals surface area contributed by atoms with E-state index in [0.29, 0.717) is 23.5 Å². The van der Waals surface area contributed by atoms with Crippen molar-refractivity contribution in [3.05, 3.63) is 51.2 Å². The Hall–Kier alpha value is -1.21. The van der Waals surface area contributed by atoms with Gasteiger partial charge in [-0.25, -0.2) is 9.37 Å². The molecule has 0 aliphatic rings. The van der Waals surface area contributed by atoms with Crippen LogP contribution in [0.4, 0.5) is 4.39 Å². The van der Waals surface area contributed by atoms with E-state index in [9.17, 15) is 9.18 Å². The molecule has 0 radical (unpaired) electrons. The van der Waals surface area contributed by atoms with E-state index in [1.807, 2.05) is 20.8 Å². The van der Waals surface area contributed by atoms with Crippen LogP contribution in [0.15, 0.2) is 24.3 Å². The van der Waals surface area contributed by atoms with Crippen LogP contribution in [-0.4, -0.2) is 23.0 Å². The lowest BCUT2D eigenvalue weighted by molar-refractivity contribution is 0.0945. The summed E-state index contributed by atoms with van der Waals surface area (Å²) in [4.78, 5) is 17.5. The third kappa shape index (κ3) is 6.50. The fourth-order valence-corrected chi connectivity index (χ4v) is 3.37. The SMILES string of the molecule is CCC(N)(CC)CNC(=O)c1sc(Cc2ccc(F)cc2)nc1C.Cl.Cl. The maximum atomic E-state index is 13.0. The molecule has 0 unspecified atom stereocenters. The van der Waals surface area contributed by atoms with E-state index in [4.69, 9.17) is 5.73 Å². The van der Waals surface area contributed by atoms with E-state index < -0.39 is 0 Å². The zero-order valence-corrected chi connectivity index (χ0v) is 17.6. The smallest absolute Gasteiger partial charge is 0.263 e. The minimum atomic E-state index is -0.370. The first-order chi connectivity index (χ1) is 11.4. The molecule has 4 nitrogen and oxygen atoms in total. The van der Waals surface area contributed by atoms with E-state index in [2.05, 4.69) is 10.3 Å². The Kier molecular flexibility index (Phi) is 10.3. The molecule has 0 aliphatic carbocycles. The molecule has 1 aromatic carbocycles. The number of carbonyl (C=O) groups excluding carboxylic acids is 1. The summed E-state index contributed by atoms with van der Waals surface area (Å²) in [5, 5.41) is 3.77. The zero-order chi connectivity index (χ0) is 17.7. The number of halogens is 3. The van der Waals surface area contributed by atoms with Gasteiger partial charge in [-0.15, -0.1) is 36.2 Å². The maximum absolute atomic E-state index is 13.0. The van der Waals surface area contributed by atoms with Gasteiger partial charge < -0.3 is 11.1 Å². The molecule has 146 valence electrons. The highest BCUT2D eigenvalue weighted by atomic mass is 35.5. The molecule has 26 heavy (non-hydrogen) atoms. The second kappa shape index (κ2) is 10.8. The summed E-state index contributed by atoms with van der Waals surface area (Å²) in [6.45, 7) is 6.32. The molecule has 0 bridgehead atoms. The highest BCUT2D eigenvalue weighted by Gasteiger charge is 2.23. The van der Waals surface area contributed by atoms with Gasteiger partial charge >= 0.3 is 0 Å². The first-order valence-electron chi connectivity index (χ1n) is 8.14. The lowest BCUT2D eigenvalue weighted by Gasteiger charge is -2.26. The lowest BCUT2D eigenvalue weighted by atomic mass is 9.94. The third-order valence-corrected chi connectivity index (χ3v) is 5.48. The molecule has 1 amide bonds. The Bertz CT molecular complexity index is 703. The van der Waals surface area contributed by atoms with Gasteiger partial charge in [-0.1, -0.05) is 26.0 Å². The second-order valence-corrected chi connectivity index (χ2v) is 7.16. The number of aromatic nitrogens is 1. The molecule has 2 rings (SSSR count). The summed E-state index contributed by atoms with van der Waals surface area (Å²) >= 11 is 1.37. The van der Waals surface area contributed by atoms with E-state index in [1.54, 1.807) is 12.1 Å². The van der Waals surface area contributed by atoms with Crippen LogP contribution in [0.5, 0.6) is 0 Å². The Labute approximate surface area is 170 Å². The van der Waals surface area contributed by atoms with E-state index in [-0.39, 0.29) is 42.1 Å². The van der Waals surface area contributed by atoms with Crippen molar-refractivity contribution in [2.24, 2.45) is 5.73 Å². The summed E-state index contributed by atoms with van der Waals surface area (Å²) in [7, 11) is 0. The molecular weight excluding hydrogens is 396 g/mol. The number of thiazole rings is 1. The Balaban J connectivity index is 0.00000312. The van der Waals surface area contributed by atoms with Gasteiger partial charge in [0.05, 0.1) is 10.7 Å². The van der Waals surface area contributed by atoms with Crippen molar-refractivity contribution in [2.75, 3.05) is 6.54 Å². The van der Waals surface area contributed by atoms with Crippen molar-refractivity contribution in [3.8, 4) is 0 Å². The van der Waals surface area contributed by atoms with Crippen molar-refractivity contribution < 1.29 is 9.18 Å². The highest BCUT2D eigenvalue weighted by Crippen LogP contribution is 2.21. The molecule has 8 heteroatoms. The fourth-order valence-electron chi connectivity index (χ4n) is 2.35. The standard InChI is InChI=1S/C18H24FN3OS.2ClH/c1-4-18(20,5-2)11-21-17(23)16-12(3)22-15(24-16)10-13-6-8-14(19)9-7-13;;/h6-9H,4-5,10-11,20H2,1-3H3,(H,21,23);2*1H. The van der Waals surface area contributed by atoms with Crippen LogP contribution in [0.3, 0.4) is 0 Å². The van der Waals surface area contributed by atoms with Crippen LogP contribution in [0.2, 0.25) is 0 Å². The molecule has 0 atom stereocenters. The van der Waals surface area contributed by atoms with Gasteiger partial charge in [0.15, 0.2) is 0 Å². The number of hydrogen-bond donors (Lipinski definition) is 2. The van der Waals surface area contributed by atoms with Crippen LogP contribution in [0.1, 0.15) is 52.6 Å². The van der Waals surface area contributed by atoms with E-state index in [1.165, 1.54) is 23.5 Å². The van der Waals surface area contributed by atoms with Crippen LogP contribution in [-0.2, 0) is 6.42 Å². The summed E-state index contributed by atoms with van der Waals surface area (Å²) in [6.07, 6.45) is 2.20. The predicted octanol–water partition coefficient (Wildman–Crippen LogP) is 4.27. The summed E-state index contributed by atoms with van der Waals surface area (Å²) in [5.74, 6) is -0.390. The van der Waals surface area contributed by atoms with Crippen molar-refractivity contribution in [1.29, 1.82) is 0 Å². The summed E-state index contributed by atoms with van der Waals surface area (Å²) in [6, 6.07) is 6.33. The molecule has 1 heterocycles. The largest absolute Gasteiger partial charge is 0.349 e. The minimum absolute atomic E-state index is 0. The quantitative estimate of drug-likeness (QED) is 0.700. The fraction of sp³-hybridized carbons (Fsp3) is 0.444. The monoisotopic (exact) mass is 421 g/mol. The number of nitrogens with zero attached hydrogens (tertiary/aromatic N) is 1. The van der Waals surface area contributed by atoms with Crippen molar-refractivity contribution >= 4 is 42.1 Å². The van der Waals surface area contributed by atoms with Gasteiger partial charge in [-0.3, -0.25) is 4.79 Å². The lowest BCUT2D eigenvalue weighted by Crippen LogP contribution is -2.49. The molecular formula is C18H26Cl2FN3OS. The molecule has 0 fully saturated rings. The average molecular weight is 422 g/mol. The van der Waals surface area contributed by atoms with Gasteiger partial charge in [-0.2, -0.15) is 0 Å². The number of nitrogens with one attached hydrogen (secondary N) is 1. The molecule has 1 aromatic heterocycles. The highest BCUT2D eigenvalue weighted by molar-refractivity contribution is 7.13. The molecule has 0 spiro atoms. The first-order valence-corrected chi connectivity index (χ1v) is 8.96. The van der Waals surface area contributed by atoms with E-state index >= 15 is 0 Å². The topological polar surface area (TPSA) is 68.0 Å². The zero-order valence-electron chi connectivity index (χ0n) is 15.2. The number of benzene rings is 1. The van der Waals surface area contributed by atoms with Crippen LogP contribution < -0.4 is 11.1 Å². The van der Waals surface area contributed by atoms with Crippen molar-refractivity contribution in [1.82, 2.24) is 10.3 Å². The van der Waals surface area contributed by atoms with Crippen molar-refractivity contribution in [2.45, 2.75) is 45.6 Å². The number of rotatable bonds is 7. The maximum Gasteiger partial charge on any atom is 0.263 e. The van der Waals surface area contributed by atoms with Gasteiger partial charge in [0.25, 0.3) is 5.91 Å². The van der Waals surface area contributed by atoms with Gasteiger partial charge in [-0.05, 0) is 37.5 Å². The third-order valence-electron chi connectivity index (χ3n) is 4.32. The molecule has 0 saturated carbocycles. The summed E-state index contributed by atoms with van der Waals surface area (Å²) < 4.78 is 13.0. The minimum Gasteiger partial charge on any atom is -0.349 e. The number of carbonyl (C=O) groups is 1. The average Bonchev–Trinajstić information content (AvgIpc) is 2.95. The predicted molar refractivity (Wildman–Crippen MR) is 110 cm³/mol. The first kappa shape index (κ1) is 24.8. The normalized spacial score (nSPS) is 10.7. The van der Waals surface area contributed by atoms with Gasteiger partial charge in [0, 0.05) is 18.5 Å². The van der Waals surface area contributed by atoms with E-state index in [0.717, 1.165) is 23.4 Å². The Morgan fingerprint density at radius 3 is 2.35 bits per heavy atom. The molecule has 2 aromatic rings. The Morgan fingerprint density at radius 1 is 1.23 bits per heavy atom. The van der Waals surface area contributed by atoms with Crippen LogP contribution in [0.25, 0.3) is 0 Å². The number of amides is 1. The van der Waals surface area contributed by atoms with Crippen LogP contribution >= 0.6 is 36.2 Å². The second-order valence-electron chi connectivity index (χ2n) is 6.08. The van der Waals surface area contributed by atoms with Crippen molar-refractivity contribution in [3.63, 3.8) is 0 Å². The Morgan fingerprint density at radius 2 is 1.81 bits per heavy atom. The van der Waals surface area contributed by atoms with Gasteiger partial charge in [0.1, 0.15) is 10.7 Å². The van der Waals surface area contributed by atoms with Crippen LogP contribution in [0, 0.1) is 12.7 Å². The summed E-state index contributed by atoms with van der Waals surface area (Å²) in [5.41, 5.74) is 7.53. The molecule has 0 aliphatic heterocycles. The molecule has 0 saturated heterocycles. The molecule has 3 N–H and O–H groups in total. The number of hydrogen-bond acceptors (Lipinski definition) is 4. The number of nitrogens with two attached hydrogens (primary N) is 1.